The van der Waals surface area contributed by atoms with E-state index in [9.17, 15) is 5.11 Å². The van der Waals surface area contributed by atoms with E-state index >= 15 is 0 Å². The molecule has 192 valence electrons. The van der Waals surface area contributed by atoms with Gasteiger partial charge in [0, 0.05) is 33.8 Å². The average molecular weight is 517 g/mol. The van der Waals surface area contributed by atoms with E-state index in [2.05, 4.69) is 22.8 Å². The standard InChI is InChI=1S/C29H32N4O3S/c1-35-24-15-22-23(16-25(24)36-2)32-29(33-28(22)31-21-11-5-6-12-21)30-17-19-9-3-7-13-26(19)37-27-14-8-4-10-20(27)18-34/h3-4,7-10,13-16,21,34H,5-6,11-12,17-18H2,1-2H3,(H2,30,31,32,33). The fourth-order valence-electron chi connectivity index (χ4n) is 4.68. The van der Waals surface area contributed by atoms with Crippen LogP contribution in [0.1, 0.15) is 36.8 Å². The van der Waals surface area contributed by atoms with Crippen molar-refractivity contribution in [1.29, 1.82) is 0 Å². The maximum atomic E-state index is 9.74. The third-order valence-corrected chi connectivity index (χ3v) is 7.91. The minimum atomic E-state index is 0.0134. The fourth-order valence-corrected chi connectivity index (χ4v) is 5.75. The maximum absolute atomic E-state index is 9.74. The van der Waals surface area contributed by atoms with Crippen LogP contribution in [0.2, 0.25) is 0 Å². The number of hydrogen-bond acceptors (Lipinski definition) is 8. The van der Waals surface area contributed by atoms with Gasteiger partial charge in [-0.1, -0.05) is 61.0 Å². The molecule has 4 aromatic rings. The number of aliphatic hydroxyl groups excluding tert-OH is 1. The quantitative estimate of drug-likeness (QED) is 0.228. The molecule has 0 amide bonds. The zero-order valence-corrected chi connectivity index (χ0v) is 22.0. The zero-order valence-electron chi connectivity index (χ0n) is 21.2. The number of methoxy groups -OCH3 is 2. The van der Waals surface area contributed by atoms with E-state index in [1.165, 1.54) is 12.8 Å². The van der Waals surface area contributed by atoms with Gasteiger partial charge in [0.05, 0.1) is 26.3 Å². The van der Waals surface area contributed by atoms with Crippen LogP contribution < -0.4 is 20.1 Å². The highest BCUT2D eigenvalue weighted by molar-refractivity contribution is 7.99. The summed E-state index contributed by atoms with van der Waals surface area (Å²) in [5.74, 6) is 2.65. The van der Waals surface area contributed by atoms with E-state index < -0.39 is 0 Å². The molecule has 0 atom stereocenters. The Balaban J connectivity index is 1.44. The summed E-state index contributed by atoms with van der Waals surface area (Å²) >= 11 is 1.65. The largest absolute Gasteiger partial charge is 0.493 e. The van der Waals surface area contributed by atoms with Crippen molar-refractivity contribution in [1.82, 2.24) is 9.97 Å². The highest BCUT2D eigenvalue weighted by Gasteiger charge is 2.19. The predicted molar refractivity (Wildman–Crippen MR) is 149 cm³/mol. The molecule has 1 heterocycles. The average Bonchev–Trinajstić information content (AvgIpc) is 3.45. The van der Waals surface area contributed by atoms with Crippen LogP contribution in [0.15, 0.2) is 70.5 Å². The number of anilines is 2. The Hall–Kier alpha value is -3.49. The van der Waals surface area contributed by atoms with E-state index in [0.717, 1.165) is 50.5 Å². The number of nitrogens with zero attached hydrogens (tertiary/aromatic N) is 2. The Morgan fingerprint density at radius 2 is 1.54 bits per heavy atom. The first kappa shape index (κ1) is 25.2. The molecule has 1 aliphatic carbocycles. The van der Waals surface area contributed by atoms with E-state index in [1.807, 2.05) is 48.5 Å². The summed E-state index contributed by atoms with van der Waals surface area (Å²) in [7, 11) is 3.27. The predicted octanol–water partition coefficient (Wildman–Crippen LogP) is 6.26. The van der Waals surface area contributed by atoms with Crippen molar-refractivity contribution in [2.75, 3.05) is 24.9 Å². The van der Waals surface area contributed by atoms with Crippen LogP contribution >= 0.6 is 11.8 Å². The minimum Gasteiger partial charge on any atom is -0.493 e. The second-order valence-corrected chi connectivity index (χ2v) is 10.2. The number of aliphatic hydroxyl groups is 1. The van der Waals surface area contributed by atoms with Crippen LogP contribution in [0.5, 0.6) is 11.5 Å². The molecule has 7 nitrogen and oxygen atoms in total. The monoisotopic (exact) mass is 516 g/mol. The molecule has 0 bridgehead atoms. The van der Waals surface area contributed by atoms with Crippen LogP contribution in [0.4, 0.5) is 11.8 Å². The SMILES string of the molecule is COc1cc2nc(NCc3ccccc3Sc3ccccc3CO)nc(NC3CCCC3)c2cc1OC. The number of ether oxygens (including phenoxy) is 2. The molecule has 3 N–H and O–H groups in total. The molecule has 1 aliphatic rings. The molecular formula is C29H32N4O3S. The van der Waals surface area contributed by atoms with Crippen LogP contribution in [0.25, 0.3) is 10.9 Å². The highest BCUT2D eigenvalue weighted by Crippen LogP contribution is 2.36. The lowest BCUT2D eigenvalue weighted by atomic mass is 10.2. The summed E-state index contributed by atoms with van der Waals surface area (Å²) in [6.45, 7) is 0.575. The molecule has 0 saturated heterocycles. The molecule has 0 spiro atoms. The van der Waals surface area contributed by atoms with E-state index in [-0.39, 0.29) is 6.61 Å². The first-order chi connectivity index (χ1) is 18.2. The van der Waals surface area contributed by atoms with Gasteiger partial charge in [0.1, 0.15) is 5.82 Å². The molecular weight excluding hydrogens is 484 g/mol. The van der Waals surface area contributed by atoms with Gasteiger partial charge in [-0.3, -0.25) is 0 Å². The van der Waals surface area contributed by atoms with E-state index in [1.54, 1.807) is 26.0 Å². The molecule has 1 aromatic heterocycles. The summed E-state index contributed by atoms with van der Waals surface area (Å²) in [4.78, 5) is 11.9. The Labute approximate surface area is 221 Å². The zero-order chi connectivity index (χ0) is 25.6. The Morgan fingerprint density at radius 1 is 0.892 bits per heavy atom. The lowest BCUT2D eigenvalue weighted by Crippen LogP contribution is -2.17. The number of aromatic nitrogens is 2. The third-order valence-electron chi connectivity index (χ3n) is 6.67. The lowest BCUT2D eigenvalue weighted by Gasteiger charge is -2.18. The van der Waals surface area contributed by atoms with Gasteiger partial charge in [0.15, 0.2) is 11.5 Å². The molecule has 1 saturated carbocycles. The first-order valence-electron chi connectivity index (χ1n) is 12.6. The molecule has 8 heteroatoms. The maximum Gasteiger partial charge on any atom is 0.225 e. The Morgan fingerprint density at radius 3 is 2.24 bits per heavy atom. The Bertz CT molecular complexity index is 1370. The number of nitrogens with one attached hydrogen (secondary N) is 2. The topological polar surface area (TPSA) is 88.5 Å². The molecule has 0 unspecified atom stereocenters. The molecule has 5 rings (SSSR count). The summed E-state index contributed by atoms with van der Waals surface area (Å²) in [6, 6.07) is 20.4. The first-order valence-corrected chi connectivity index (χ1v) is 13.4. The smallest absolute Gasteiger partial charge is 0.225 e. The third kappa shape index (κ3) is 5.76. The van der Waals surface area contributed by atoms with Crippen molar-refractivity contribution in [2.45, 2.75) is 54.7 Å². The van der Waals surface area contributed by atoms with Crippen LogP contribution in [-0.4, -0.2) is 35.3 Å². The van der Waals surface area contributed by atoms with Gasteiger partial charge in [-0.15, -0.1) is 0 Å². The number of hydrogen-bond donors (Lipinski definition) is 3. The lowest BCUT2D eigenvalue weighted by molar-refractivity contribution is 0.279. The van der Waals surface area contributed by atoms with Gasteiger partial charge in [-0.05, 0) is 42.2 Å². The molecule has 37 heavy (non-hydrogen) atoms. The van der Waals surface area contributed by atoms with Crippen molar-refractivity contribution in [3.05, 3.63) is 71.8 Å². The van der Waals surface area contributed by atoms with Crippen molar-refractivity contribution in [2.24, 2.45) is 0 Å². The van der Waals surface area contributed by atoms with Crippen molar-refractivity contribution >= 4 is 34.4 Å². The molecule has 0 aliphatic heterocycles. The van der Waals surface area contributed by atoms with Crippen molar-refractivity contribution in [3.8, 4) is 11.5 Å². The summed E-state index contributed by atoms with van der Waals surface area (Å²) in [5.41, 5.74) is 2.83. The second kappa shape index (κ2) is 11.7. The summed E-state index contributed by atoms with van der Waals surface area (Å²) in [6.07, 6.45) is 4.75. The van der Waals surface area contributed by atoms with Crippen molar-refractivity contribution < 1.29 is 14.6 Å². The number of benzene rings is 3. The summed E-state index contributed by atoms with van der Waals surface area (Å²) in [5, 5.41) is 17.7. The van der Waals surface area contributed by atoms with Crippen LogP contribution in [0.3, 0.4) is 0 Å². The van der Waals surface area contributed by atoms with Gasteiger partial charge in [0.25, 0.3) is 0 Å². The molecule has 3 aromatic carbocycles. The second-order valence-electron chi connectivity index (χ2n) is 9.08. The van der Waals surface area contributed by atoms with E-state index in [0.29, 0.717) is 30.0 Å². The van der Waals surface area contributed by atoms with Gasteiger partial charge in [0.2, 0.25) is 5.95 Å². The van der Waals surface area contributed by atoms with Crippen LogP contribution in [0, 0.1) is 0 Å². The Kier molecular flexibility index (Phi) is 7.96. The van der Waals surface area contributed by atoms with Crippen LogP contribution in [-0.2, 0) is 13.2 Å². The summed E-state index contributed by atoms with van der Waals surface area (Å²) < 4.78 is 11.1. The molecule has 1 fully saturated rings. The fraction of sp³-hybridized carbons (Fsp3) is 0.310. The minimum absolute atomic E-state index is 0.0134. The number of fused-ring (bicyclic) bond motifs is 1. The van der Waals surface area contributed by atoms with E-state index in [4.69, 9.17) is 19.4 Å². The normalized spacial score (nSPS) is 13.6. The van der Waals surface area contributed by atoms with Gasteiger partial charge < -0.3 is 25.2 Å². The highest BCUT2D eigenvalue weighted by atomic mass is 32.2. The van der Waals surface area contributed by atoms with Gasteiger partial charge in [-0.25, -0.2) is 4.98 Å². The molecule has 0 radical (unpaired) electrons. The number of rotatable bonds is 10. The van der Waals surface area contributed by atoms with Gasteiger partial charge >= 0.3 is 0 Å². The van der Waals surface area contributed by atoms with Gasteiger partial charge in [-0.2, -0.15) is 4.98 Å². The van der Waals surface area contributed by atoms with Crippen molar-refractivity contribution in [3.63, 3.8) is 0 Å².